The molecule has 0 aliphatic carbocycles. The number of hydrogen-bond donors (Lipinski definition) is 2. The standard InChI is InChI=1S/C12H10N4O2S/c17-8-4-3-6-9-5-1-2-7-10(9)11(18)13-12-14-15-16-19-12/h1-2,5,7,17H,4,8H2,(H,13,14,16,18). The number of nitrogens with zero attached hydrogens (tertiary/aromatic N) is 3. The first kappa shape index (κ1) is 13.1. The lowest BCUT2D eigenvalue weighted by Crippen LogP contribution is -2.13. The van der Waals surface area contributed by atoms with Gasteiger partial charge in [0.1, 0.15) is 0 Å². The highest BCUT2D eigenvalue weighted by Crippen LogP contribution is 2.12. The molecule has 2 N–H and O–H groups in total. The zero-order chi connectivity index (χ0) is 13.5. The van der Waals surface area contributed by atoms with E-state index in [0.717, 1.165) is 11.5 Å². The van der Waals surface area contributed by atoms with Gasteiger partial charge in [0.2, 0.25) is 5.13 Å². The predicted molar refractivity (Wildman–Crippen MR) is 70.7 cm³/mol. The third-order valence-corrected chi connectivity index (χ3v) is 2.66. The van der Waals surface area contributed by atoms with Crippen molar-refractivity contribution in [3.05, 3.63) is 35.4 Å². The Balaban J connectivity index is 2.20. The second kappa shape index (κ2) is 6.58. The van der Waals surface area contributed by atoms with E-state index >= 15 is 0 Å². The molecule has 1 aromatic carbocycles. The summed E-state index contributed by atoms with van der Waals surface area (Å²) in [6.45, 7) is -0.00217. The van der Waals surface area contributed by atoms with Crippen molar-refractivity contribution in [2.45, 2.75) is 6.42 Å². The minimum Gasteiger partial charge on any atom is -0.395 e. The highest BCUT2D eigenvalue weighted by atomic mass is 32.1. The minimum absolute atomic E-state index is 0.00217. The molecule has 6 nitrogen and oxygen atoms in total. The Morgan fingerprint density at radius 3 is 3.00 bits per heavy atom. The molecular formula is C12H10N4O2S. The lowest BCUT2D eigenvalue weighted by molar-refractivity contribution is 0.102. The van der Waals surface area contributed by atoms with E-state index in [2.05, 4.69) is 32.0 Å². The Labute approximate surface area is 113 Å². The van der Waals surface area contributed by atoms with Crippen LogP contribution in [0.5, 0.6) is 0 Å². The van der Waals surface area contributed by atoms with Crippen LogP contribution in [0.15, 0.2) is 24.3 Å². The van der Waals surface area contributed by atoms with Crippen LogP contribution in [0.1, 0.15) is 22.3 Å². The number of aliphatic hydroxyl groups excluding tert-OH is 1. The van der Waals surface area contributed by atoms with Crippen molar-refractivity contribution < 1.29 is 9.90 Å². The molecule has 2 rings (SSSR count). The van der Waals surface area contributed by atoms with Gasteiger partial charge in [-0.25, -0.2) is 0 Å². The topological polar surface area (TPSA) is 88.0 Å². The van der Waals surface area contributed by atoms with E-state index in [0.29, 0.717) is 22.7 Å². The lowest BCUT2D eigenvalue weighted by Gasteiger charge is -2.03. The van der Waals surface area contributed by atoms with Gasteiger partial charge in [-0.05, 0) is 17.3 Å². The molecule has 0 atom stereocenters. The van der Waals surface area contributed by atoms with Crippen molar-refractivity contribution in [1.29, 1.82) is 0 Å². The van der Waals surface area contributed by atoms with Crippen LogP contribution in [0, 0.1) is 11.8 Å². The van der Waals surface area contributed by atoms with E-state index in [1.165, 1.54) is 0 Å². The molecular weight excluding hydrogens is 264 g/mol. The highest BCUT2D eigenvalue weighted by molar-refractivity contribution is 7.09. The predicted octanol–water partition coefficient (Wildman–Crippen LogP) is 0.919. The van der Waals surface area contributed by atoms with Crippen LogP contribution >= 0.6 is 11.5 Å². The van der Waals surface area contributed by atoms with Gasteiger partial charge in [0.05, 0.1) is 12.2 Å². The van der Waals surface area contributed by atoms with E-state index < -0.39 is 0 Å². The zero-order valence-electron chi connectivity index (χ0n) is 9.83. The summed E-state index contributed by atoms with van der Waals surface area (Å²) >= 11 is 1.00. The van der Waals surface area contributed by atoms with Gasteiger partial charge in [-0.2, -0.15) is 0 Å². The molecule has 1 amide bonds. The number of nitrogens with one attached hydrogen (secondary N) is 1. The summed E-state index contributed by atoms with van der Waals surface area (Å²) in [5, 5.41) is 18.7. The van der Waals surface area contributed by atoms with Gasteiger partial charge in [0.25, 0.3) is 5.91 Å². The molecule has 0 radical (unpaired) electrons. The summed E-state index contributed by atoms with van der Waals surface area (Å²) in [5.41, 5.74) is 1.05. The van der Waals surface area contributed by atoms with E-state index in [4.69, 9.17) is 5.11 Å². The number of aliphatic hydroxyl groups is 1. The number of carbonyl (C=O) groups excluding carboxylic acids is 1. The zero-order valence-corrected chi connectivity index (χ0v) is 10.6. The largest absolute Gasteiger partial charge is 0.395 e. The van der Waals surface area contributed by atoms with Gasteiger partial charge in [-0.15, -0.1) is 0 Å². The fraction of sp³-hybridized carbons (Fsp3) is 0.167. The third-order valence-electron chi connectivity index (χ3n) is 2.15. The van der Waals surface area contributed by atoms with Crippen LogP contribution < -0.4 is 5.32 Å². The Morgan fingerprint density at radius 1 is 1.42 bits per heavy atom. The Hall–Kier alpha value is -2.30. The lowest BCUT2D eigenvalue weighted by atomic mass is 10.1. The summed E-state index contributed by atoms with van der Waals surface area (Å²) in [6.07, 6.45) is 0.371. The monoisotopic (exact) mass is 274 g/mol. The molecule has 96 valence electrons. The average molecular weight is 274 g/mol. The normalized spacial score (nSPS) is 9.53. The molecule has 0 bridgehead atoms. The van der Waals surface area contributed by atoms with Crippen LogP contribution in [0.3, 0.4) is 0 Å². The second-order valence-electron chi connectivity index (χ2n) is 3.44. The highest BCUT2D eigenvalue weighted by Gasteiger charge is 2.11. The smallest absolute Gasteiger partial charge is 0.258 e. The van der Waals surface area contributed by atoms with E-state index in [9.17, 15) is 4.79 Å². The van der Waals surface area contributed by atoms with Crippen molar-refractivity contribution in [2.75, 3.05) is 11.9 Å². The minimum atomic E-state index is -0.313. The summed E-state index contributed by atoms with van der Waals surface area (Å²) < 4.78 is 3.56. The van der Waals surface area contributed by atoms with E-state index in [1.54, 1.807) is 24.3 Å². The van der Waals surface area contributed by atoms with Gasteiger partial charge in [0, 0.05) is 23.5 Å². The summed E-state index contributed by atoms with van der Waals surface area (Å²) in [4.78, 5) is 12.0. The number of aromatic nitrogens is 3. The Kier molecular flexibility index (Phi) is 4.55. The first-order chi connectivity index (χ1) is 9.31. The Bertz CT molecular complexity index is 616. The number of hydrogen-bond acceptors (Lipinski definition) is 6. The van der Waals surface area contributed by atoms with Crippen LogP contribution in [0.25, 0.3) is 0 Å². The van der Waals surface area contributed by atoms with Crippen LogP contribution in [0.4, 0.5) is 5.13 Å². The number of anilines is 1. The second-order valence-corrected chi connectivity index (χ2v) is 4.18. The molecule has 0 saturated carbocycles. The molecule has 19 heavy (non-hydrogen) atoms. The number of benzene rings is 1. The molecule has 0 unspecified atom stereocenters. The molecule has 0 saturated heterocycles. The van der Waals surface area contributed by atoms with Crippen LogP contribution in [0.2, 0.25) is 0 Å². The number of amides is 1. The van der Waals surface area contributed by atoms with Crippen molar-refractivity contribution >= 4 is 22.6 Å². The molecule has 0 aliphatic rings. The van der Waals surface area contributed by atoms with Gasteiger partial charge in [-0.3, -0.25) is 10.1 Å². The fourth-order valence-electron chi connectivity index (χ4n) is 1.35. The molecule has 0 fully saturated rings. The Morgan fingerprint density at radius 2 is 2.26 bits per heavy atom. The maximum atomic E-state index is 12.0. The molecule has 1 heterocycles. The molecule has 0 aliphatic heterocycles. The number of carbonyl (C=O) groups is 1. The van der Waals surface area contributed by atoms with Crippen molar-refractivity contribution in [1.82, 2.24) is 14.8 Å². The summed E-state index contributed by atoms with van der Waals surface area (Å²) in [7, 11) is 0. The van der Waals surface area contributed by atoms with Crippen molar-refractivity contribution in [3.8, 4) is 11.8 Å². The van der Waals surface area contributed by atoms with Gasteiger partial charge >= 0.3 is 0 Å². The first-order valence-corrected chi connectivity index (χ1v) is 6.23. The van der Waals surface area contributed by atoms with Gasteiger partial charge in [-0.1, -0.05) is 33.6 Å². The maximum Gasteiger partial charge on any atom is 0.258 e. The number of rotatable bonds is 3. The van der Waals surface area contributed by atoms with Crippen molar-refractivity contribution in [2.24, 2.45) is 0 Å². The molecule has 1 aromatic heterocycles. The first-order valence-electron chi connectivity index (χ1n) is 5.46. The van der Waals surface area contributed by atoms with Crippen LogP contribution in [-0.4, -0.2) is 32.4 Å². The summed E-state index contributed by atoms with van der Waals surface area (Å²) in [6, 6.07) is 6.97. The quantitative estimate of drug-likeness (QED) is 0.813. The van der Waals surface area contributed by atoms with Crippen molar-refractivity contribution in [3.63, 3.8) is 0 Å². The molecule has 7 heteroatoms. The van der Waals surface area contributed by atoms with Gasteiger partial charge in [0.15, 0.2) is 0 Å². The summed E-state index contributed by atoms with van der Waals surface area (Å²) in [5.74, 6) is 5.33. The molecule has 2 aromatic rings. The fourth-order valence-corrected chi connectivity index (χ4v) is 1.71. The van der Waals surface area contributed by atoms with E-state index in [-0.39, 0.29) is 12.5 Å². The molecule has 0 spiro atoms. The van der Waals surface area contributed by atoms with E-state index in [1.807, 2.05) is 0 Å². The SMILES string of the molecule is O=C(Nc1nnns1)c1ccccc1C#CCCO. The average Bonchev–Trinajstić information content (AvgIpc) is 2.92. The van der Waals surface area contributed by atoms with Crippen LogP contribution in [-0.2, 0) is 0 Å². The van der Waals surface area contributed by atoms with Gasteiger partial charge < -0.3 is 5.11 Å². The maximum absolute atomic E-state index is 12.0. The third kappa shape index (κ3) is 3.58.